The summed E-state index contributed by atoms with van der Waals surface area (Å²) in [7, 11) is 0. The Bertz CT molecular complexity index is 438. The van der Waals surface area contributed by atoms with Gasteiger partial charge in [0.2, 0.25) is 0 Å². The number of carboxylic acids is 1. The minimum atomic E-state index is -0.772. The Labute approximate surface area is 122 Å². The molecule has 5 heteroatoms. The number of carboxylic acid groups (broad SMARTS) is 1. The first-order chi connectivity index (χ1) is 9.02. The van der Waals surface area contributed by atoms with Crippen molar-refractivity contribution in [2.75, 3.05) is 0 Å². The summed E-state index contributed by atoms with van der Waals surface area (Å²) in [5, 5.41) is 21.9. The predicted molar refractivity (Wildman–Crippen MR) is 76.7 cm³/mol. The molecule has 1 saturated carbocycles. The van der Waals surface area contributed by atoms with Crippen LogP contribution in [-0.2, 0) is 4.79 Å². The van der Waals surface area contributed by atoms with Crippen LogP contribution in [-0.4, -0.2) is 16.2 Å². The zero-order valence-corrected chi connectivity index (χ0v) is 12.3. The normalized spacial score (nSPS) is 20.1. The Morgan fingerprint density at radius 1 is 1.42 bits per heavy atom. The quantitative estimate of drug-likeness (QED) is 0.855. The molecule has 1 heterocycles. The number of thiophene rings is 1. The van der Waals surface area contributed by atoms with Crippen LogP contribution >= 0.6 is 22.9 Å². The Kier molecular flexibility index (Phi) is 4.87. The molecule has 106 valence electrons. The van der Waals surface area contributed by atoms with Crippen LogP contribution < -0.4 is 0 Å². The average Bonchev–Trinajstić information content (AvgIpc) is 2.75. The van der Waals surface area contributed by atoms with Gasteiger partial charge in [-0.2, -0.15) is 0 Å². The van der Waals surface area contributed by atoms with E-state index in [1.807, 2.05) is 5.38 Å². The number of hydrogen-bond acceptors (Lipinski definition) is 3. The molecule has 0 bridgehead atoms. The Morgan fingerprint density at radius 2 is 2.11 bits per heavy atom. The Hall–Kier alpha value is -0.580. The predicted octanol–water partition coefficient (Wildman–Crippen LogP) is 4.25. The lowest BCUT2D eigenvalue weighted by Gasteiger charge is -2.37. The second-order valence-electron chi connectivity index (χ2n) is 5.48. The minimum Gasteiger partial charge on any atom is -0.481 e. The number of aliphatic hydroxyl groups excluding tert-OH is 1. The molecule has 1 aliphatic carbocycles. The molecule has 1 atom stereocenters. The summed E-state index contributed by atoms with van der Waals surface area (Å²) in [4.78, 5) is 11.9. The number of halogens is 1. The summed E-state index contributed by atoms with van der Waals surface area (Å²) in [6.45, 7) is 0. The fourth-order valence-electron chi connectivity index (χ4n) is 3.12. The first-order valence-electron chi connectivity index (χ1n) is 6.65. The van der Waals surface area contributed by atoms with Gasteiger partial charge in [-0.05, 0) is 36.1 Å². The van der Waals surface area contributed by atoms with Crippen molar-refractivity contribution < 1.29 is 15.0 Å². The van der Waals surface area contributed by atoms with Crippen molar-refractivity contribution in [3.8, 4) is 0 Å². The van der Waals surface area contributed by atoms with Crippen molar-refractivity contribution in [1.82, 2.24) is 0 Å². The monoisotopic (exact) mass is 302 g/mol. The van der Waals surface area contributed by atoms with Crippen LogP contribution in [0.4, 0.5) is 0 Å². The van der Waals surface area contributed by atoms with Crippen LogP contribution in [0, 0.1) is 5.41 Å². The molecule has 1 fully saturated rings. The van der Waals surface area contributed by atoms with Gasteiger partial charge in [0.05, 0.1) is 22.4 Å². The van der Waals surface area contributed by atoms with Crippen molar-refractivity contribution in [2.45, 2.75) is 51.0 Å². The van der Waals surface area contributed by atoms with Gasteiger partial charge in [-0.1, -0.05) is 30.9 Å². The summed E-state index contributed by atoms with van der Waals surface area (Å²) >= 11 is 7.47. The van der Waals surface area contributed by atoms with Crippen molar-refractivity contribution in [2.24, 2.45) is 5.41 Å². The number of aliphatic hydroxyl groups is 1. The molecule has 0 aromatic carbocycles. The van der Waals surface area contributed by atoms with E-state index >= 15 is 0 Å². The maximum atomic E-state index is 11.1. The lowest BCUT2D eigenvalue weighted by molar-refractivity contribution is -0.141. The van der Waals surface area contributed by atoms with E-state index in [2.05, 4.69) is 0 Å². The maximum Gasteiger partial charge on any atom is 0.303 e. The molecule has 0 spiro atoms. The van der Waals surface area contributed by atoms with E-state index in [9.17, 15) is 9.90 Å². The lowest BCUT2D eigenvalue weighted by atomic mass is 9.68. The minimum absolute atomic E-state index is 0.146. The highest BCUT2D eigenvalue weighted by atomic mass is 35.5. The van der Waals surface area contributed by atoms with E-state index in [4.69, 9.17) is 16.7 Å². The molecule has 19 heavy (non-hydrogen) atoms. The third-order valence-corrected chi connectivity index (χ3v) is 5.47. The van der Waals surface area contributed by atoms with Gasteiger partial charge in [-0.25, -0.2) is 0 Å². The van der Waals surface area contributed by atoms with E-state index in [1.165, 1.54) is 11.3 Å². The molecule has 1 aliphatic rings. The fourth-order valence-corrected chi connectivity index (χ4v) is 4.29. The Morgan fingerprint density at radius 3 is 2.63 bits per heavy atom. The van der Waals surface area contributed by atoms with Crippen LogP contribution in [0.1, 0.15) is 55.9 Å². The molecule has 0 saturated heterocycles. The van der Waals surface area contributed by atoms with Crippen molar-refractivity contribution in [3.63, 3.8) is 0 Å². The highest BCUT2D eigenvalue weighted by Gasteiger charge is 2.37. The molecule has 3 nitrogen and oxygen atoms in total. The molecule has 1 aromatic heterocycles. The van der Waals surface area contributed by atoms with Gasteiger partial charge in [-0.15, -0.1) is 11.3 Å². The number of carbonyl (C=O) groups is 1. The summed E-state index contributed by atoms with van der Waals surface area (Å²) in [6, 6.07) is 1.77. The lowest BCUT2D eigenvalue weighted by Crippen LogP contribution is -2.29. The van der Waals surface area contributed by atoms with Crippen LogP contribution in [0.3, 0.4) is 0 Å². The van der Waals surface area contributed by atoms with Crippen LogP contribution in [0.2, 0.25) is 5.02 Å². The van der Waals surface area contributed by atoms with Crippen LogP contribution in [0.5, 0.6) is 0 Å². The summed E-state index contributed by atoms with van der Waals surface area (Å²) in [6.07, 6.45) is 5.05. The first-order valence-corrected chi connectivity index (χ1v) is 7.91. The smallest absolute Gasteiger partial charge is 0.303 e. The third-order valence-electron chi connectivity index (χ3n) is 4.01. The standard InChI is InChI=1S/C14H19ClO3S/c15-10-4-7-19-13(10)11(16)8-14(9-12(17)18)5-2-1-3-6-14/h4,7,11,16H,1-3,5-6,8-9H2,(H,17,18). The molecule has 1 aromatic rings. The molecular weight excluding hydrogens is 284 g/mol. The van der Waals surface area contributed by atoms with Crippen molar-refractivity contribution in [1.29, 1.82) is 0 Å². The summed E-state index contributed by atoms with van der Waals surface area (Å²) in [5.41, 5.74) is -0.267. The van der Waals surface area contributed by atoms with E-state index in [1.54, 1.807) is 6.07 Å². The molecule has 2 rings (SSSR count). The molecule has 1 unspecified atom stereocenters. The second-order valence-corrected chi connectivity index (χ2v) is 6.84. The van der Waals surface area contributed by atoms with Gasteiger partial charge >= 0.3 is 5.97 Å². The molecule has 2 N–H and O–H groups in total. The molecule has 0 amide bonds. The van der Waals surface area contributed by atoms with Gasteiger partial charge in [-0.3, -0.25) is 4.79 Å². The van der Waals surface area contributed by atoms with Crippen LogP contribution in [0.15, 0.2) is 11.4 Å². The summed E-state index contributed by atoms with van der Waals surface area (Å²) in [5.74, 6) is -0.772. The second kappa shape index (κ2) is 6.25. The largest absolute Gasteiger partial charge is 0.481 e. The SMILES string of the molecule is O=C(O)CC1(CC(O)c2sccc2Cl)CCCCC1. The van der Waals surface area contributed by atoms with Gasteiger partial charge in [0.25, 0.3) is 0 Å². The van der Waals surface area contributed by atoms with E-state index in [-0.39, 0.29) is 11.8 Å². The highest BCUT2D eigenvalue weighted by Crippen LogP contribution is 2.47. The number of aliphatic carboxylic acids is 1. The summed E-state index contributed by atoms with van der Waals surface area (Å²) < 4.78 is 0. The van der Waals surface area contributed by atoms with Gasteiger partial charge in [0.1, 0.15) is 0 Å². The average molecular weight is 303 g/mol. The number of rotatable bonds is 5. The van der Waals surface area contributed by atoms with Gasteiger partial charge in [0.15, 0.2) is 0 Å². The van der Waals surface area contributed by atoms with Crippen LogP contribution in [0.25, 0.3) is 0 Å². The molecule has 0 radical (unpaired) electrons. The van der Waals surface area contributed by atoms with Crippen molar-refractivity contribution in [3.05, 3.63) is 21.3 Å². The van der Waals surface area contributed by atoms with Gasteiger partial charge in [0, 0.05) is 0 Å². The fraction of sp³-hybridized carbons (Fsp3) is 0.643. The first kappa shape index (κ1) is 14.8. The zero-order valence-electron chi connectivity index (χ0n) is 10.8. The molecular formula is C14H19ClO3S. The van der Waals surface area contributed by atoms with Crippen molar-refractivity contribution >= 4 is 28.9 Å². The molecule has 0 aliphatic heterocycles. The topological polar surface area (TPSA) is 57.5 Å². The highest BCUT2D eigenvalue weighted by molar-refractivity contribution is 7.10. The zero-order chi connectivity index (χ0) is 13.9. The van der Waals surface area contributed by atoms with E-state index in [0.29, 0.717) is 11.4 Å². The number of hydrogen-bond donors (Lipinski definition) is 2. The van der Waals surface area contributed by atoms with E-state index < -0.39 is 12.1 Å². The third kappa shape index (κ3) is 3.71. The van der Waals surface area contributed by atoms with Gasteiger partial charge < -0.3 is 10.2 Å². The maximum absolute atomic E-state index is 11.1. The van der Waals surface area contributed by atoms with E-state index in [0.717, 1.165) is 37.0 Å². The Balaban J connectivity index is 2.11.